The fourth-order valence-corrected chi connectivity index (χ4v) is 2.35. The van der Waals surface area contributed by atoms with E-state index >= 15 is 0 Å². The van der Waals surface area contributed by atoms with Crippen LogP contribution in [0.4, 0.5) is 5.82 Å². The molecule has 5 nitrogen and oxygen atoms in total. The monoisotopic (exact) mass is 215 g/mol. The summed E-state index contributed by atoms with van der Waals surface area (Å²) in [7, 11) is 0. The Balaban J connectivity index is 1.93. The van der Waals surface area contributed by atoms with Crippen molar-refractivity contribution < 1.29 is 0 Å². The van der Waals surface area contributed by atoms with Gasteiger partial charge in [-0.3, -0.25) is 0 Å². The average molecular weight is 215 g/mol. The molecular formula is C11H13N5. The van der Waals surface area contributed by atoms with Crippen molar-refractivity contribution in [3.63, 3.8) is 0 Å². The van der Waals surface area contributed by atoms with Gasteiger partial charge in [-0.2, -0.15) is 5.26 Å². The standard InChI is InChI=1S/C11H13N5/c12-7-9-14-4-1-10(15-9)16-6-5-13-8-11(16)2-3-11/h1,4,13H,2-3,5-6,8H2. The Labute approximate surface area is 94.1 Å². The smallest absolute Gasteiger partial charge is 0.234 e. The predicted octanol–water partition coefficient (Wildman–Crippen LogP) is 0.290. The number of aromatic nitrogens is 2. The predicted molar refractivity (Wildman–Crippen MR) is 58.9 cm³/mol. The van der Waals surface area contributed by atoms with E-state index in [1.165, 1.54) is 12.8 Å². The lowest BCUT2D eigenvalue weighted by atomic mass is 10.1. The van der Waals surface area contributed by atoms with Gasteiger partial charge in [0.1, 0.15) is 11.9 Å². The average Bonchev–Trinajstić information content (AvgIpc) is 3.10. The molecule has 1 saturated heterocycles. The lowest BCUT2D eigenvalue weighted by Crippen LogP contribution is -2.53. The van der Waals surface area contributed by atoms with Crippen molar-refractivity contribution in [3.8, 4) is 6.07 Å². The van der Waals surface area contributed by atoms with Gasteiger partial charge in [0.15, 0.2) is 0 Å². The third-order valence-electron chi connectivity index (χ3n) is 3.38. The van der Waals surface area contributed by atoms with Gasteiger partial charge in [-0.1, -0.05) is 0 Å². The topological polar surface area (TPSA) is 64.8 Å². The van der Waals surface area contributed by atoms with Crippen LogP contribution in [0, 0.1) is 11.3 Å². The molecule has 3 rings (SSSR count). The van der Waals surface area contributed by atoms with Crippen LogP contribution in [-0.2, 0) is 0 Å². The Morgan fingerprint density at radius 3 is 3.12 bits per heavy atom. The largest absolute Gasteiger partial charge is 0.348 e. The van der Waals surface area contributed by atoms with Gasteiger partial charge in [0, 0.05) is 25.8 Å². The number of nitriles is 1. The molecule has 1 spiro atoms. The number of nitrogens with one attached hydrogen (secondary N) is 1. The van der Waals surface area contributed by atoms with Gasteiger partial charge >= 0.3 is 0 Å². The molecule has 0 amide bonds. The molecule has 0 aromatic carbocycles. The summed E-state index contributed by atoms with van der Waals surface area (Å²) in [5.74, 6) is 1.15. The lowest BCUT2D eigenvalue weighted by molar-refractivity contribution is 0.459. The molecule has 5 heteroatoms. The summed E-state index contributed by atoms with van der Waals surface area (Å²) in [6.45, 7) is 2.97. The second-order valence-corrected chi connectivity index (χ2v) is 4.40. The maximum absolute atomic E-state index is 8.80. The molecule has 16 heavy (non-hydrogen) atoms. The minimum atomic E-state index is 0.256. The van der Waals surface area contributed by atoms with Crippen LogP contribution in [0.15, 0.2) is 12.3 Å². The van der Waals surface area contributed by atoms with E-state index in [0.29, 0.717) is 0 Å². The zero-order valence-electron chi connectivity index (χ0n) is 8.98. The van der Waals surface area contributed by atoms with E-state index in [9.17, 15) is 0 Å². The summed E-state index contributed by atoms with van der Waals surface area (Å²) < 4.78 is 0. The van der Waals surface area contributed by atoms with Crippen LogP contribution < -0.4 is 10.2 Å². The highest BCUT2D eigenvalue weighted by Crippen LogP contribution is 2.43. The highest BCUT2D eigenvalue weighted by molar-refractivity contribution is 5.46. The number of anilines is 1. The number of nitrogens with zero attached hydrogens (tertiary/aromatic N) is 4. The van der Waals surface area contributed by atoms with Crippen molar-refractivity contribution in [1.29, 1.82) is 5.26 Å². The maximum Gasteiger partial charge on any atom is 0.234 e. The van der Waals surface area contributed by atoms with Crippen molar-refractivity contribution in [2.45, 2.75) is 18.4 Å². The van der Waals surface area contributed by atoms with Crippen LogP contribution in [0.5, 0.6) is 0 Å². The Kier molecular flexibility index (Phi) is 2.04. The molecule has 1 aliphatic heterocycles. The molecule has 0 atom stereocenters. The molecule has 1 aromatic rings. The molecule has 1 N–H and O–H groups in total. The van der Waals surface area contributed by atoms with Crippen molar-refractivity contribution in [1.82, 2.24) is 15.3 Å². The zero-order valence-corrected chi connectivity index (χ0v) is 8.98. The van der Waals surface area contributed by atoms with Gasteiger partial charge in [0.05, 0.1) is 5.54 Å². The second kappa shape index (κ2) is 3.42. The van der Waals surface area contributed by atoms with Crippen molar-refractivity contribution in [3.05, 3.63) is 18.1 Å². The molecule has 1 aromatic heterocycles. The van der Waals surface area contributed by atoms with Gasteiger partial charge in [-0.05, 0) is 18.9 Å². The molecule has 0 radical (unpaired) electrons. The van der Waals surface area contributed by atoms with E-state index < -0.39 is 0 Å². The molecule has 2 heterocycles. The molecule has 2 fully saturated rings. The fraction of sp³-hybridized carbons (Fsp3) is 0.545. The molecule has 82 valence electrons. The summed E-state index contributed by atoms with van der Waals surface area (Å²) in [5, 5.41) is 12.2. The summed E-state index contributed by atoms with van der Waals surface area (Å²) in [6, 6.07) is 3.88. The first-order chi connectivity index (χ1) is 7.84. The van der Waals surface area contributed by atoms with Gasteiger partial charge in [0.2, 0.25) is 5.82 Å². The highest BCUT2D eigenvalue weighted by atomic mass is 15.3. The second-order valence-electron chi connectivity index (χ2n) is 4.40. The third-order valence-corrected chi connectivity index (χ3v) is 3.38. The molecule has 0 unspecified atom stereocenters. The first-order valence-electron chi connectivity index (χ1n) is 5.56. The van der Waals surface area contributed by atoms with E-state index in [1.807, 2.05) is 12.1 Å². The summed E-state index contributed by atoms with van der Waals surface area (Å²) >= 11 is 0. The van der Waals surface area contributed by atoms with Crippen LogP contribution in [0.25, 0.3) is 0 Å². The van der Waals surface area contributed by atoms with Crippen LogP contribution in [0.3, 0.4) is 0 Å². The van der Waals surface area contributed by atoms with E-state index in [-0.39, 0.29) is 11.4 Å². The van der Waals surface area contributed by atoms with Crippen molar-refractivity contribution in [2.75, 3.05) is 24.5 Å². The number of rotatable bonds is 1. The minimum absolute atomic E-state index is 0.256. The van der Waals surface area contributed by atoms with E-state index in [2.05, 4.69) is 20.2 Å². The Bertz CT molecular complexity index is 446. The number of piperazine rings is 1. The minimum Gasteiger partial charge on any atom is -0.348 e. The van der Waals surface area contributed by atoms with Crippen LogP contribution in [-0.4, -0.2) is 35.1 Å². The molecular weight excluding hydrogens is 202 g/mol. The first-order valence-corrected chi connectivity index (χ1v) is 5.56. The van der Waals surface area contributed by atoms with Gasteiger partial charge in [-0.25, -0.2) is 9.97 Å². The van der Waals surface area contributed by atoms with E-state index in [0.717, 1.165) is 25.5 Å². The zero-order chi connectivity index (χ0) is 11.0. The lowest BCUT2D eigenvalue weighted by Gasteiger charge is -2.37. The number of hydrogen-bond donors (Lipinski definition) is 1. The van der Waals surface area contributed by atoms with Crippen molar-refractivity contribution in [2.24, 2.45) is 0 Å². The van der Waals surface area contributed by atoms with E-state index in [1.54, 1.807) is 6.20 Å². The van der Waals surface area contributed by atoms with Gasteiger partial charge in [-0.15, -0.1) is 0 Å². The first kappa shape index (κ1) is 9.55. The maximum atomic E-state index is 8.80. The van der Waals surface area contributed by atoms with Crippen LogP contribution in [0.1, 0.15) is 18.7 Å². The summed E-state index contributed by atoms with van der Waals surface area (Å²) in [6.07, 6.45) is 4.09. The molecule has 1 saturated carbocycles. The third kappa shape index (κ3) is 1.42. The van der Waals surface area contributed by atoms with Gasteiger partial charge in [0.25, 0.3) is 0 Å². The summed E-state index contributed by atoms with van der Waals surface area (Å²) in [5.41, 5.74) is 0.263. The van der Waals surface area contributed by atoms with Crippen molar-refractivity contribution >= 4 is 5.82 Å². The molecule has 0 bridgehead atoms. The quantitative estimate of drug-likeness (QED) is 0.729. The Hall–Kier alpha value is -1.67. The van der Waals surface area contributed by atoms with Crippen LogP contribution >= 0.6 is 0 Å². The number of hydrogen-bond acceptors (Lipinski definition) is 5. The van der Waals surface area contributed by atoms with Crippen LogP contribution in [0.2, 0.25) is 0 Å². The normalized spacial score (nSPS) is 21.8. The SMILES string of the molecule is N#Cc1nccc(N2CCNCC23CC3)n1. The Morgan fingerprint density at radius 2 is 2.38 bits per heavy atom. The molecule has 1 aliphatic carbocycles. The highest BCUT2D eigenvalue weighted by Gasteiger charge is 2.49. The van der Waals surface area contributed by atoms with Gasteiger partial charge < -0.3 is 10.2 Å². The fourth-order valence-electron chi connectivity index (χ4n) is 2.35. The Morgan fingerprint density at radius 1 is 1.50 bits per heavy atom. The molecule has 2 aliphatic rings. The summed E-state index contributed by atoms with van der Waals surface area (Å²) in [4.78, 5) is 10.5. The van der Waals surface area contributed by atoms with E-state index in [4.69, 9.17) is 5.26 Å².